The Labute approximate surface area is 154 Å². The standard InChI is InChI=1S/C20H26N4O2/c1-15-14-23(19(25)26-20(2,3)4)12-13-24(15)18-21-11-10-17(22-18)16-8-6-5-7-9-16/h5-11,15H,12-14H2,1-4H3/t15-/m1/s1. The summed E-state index contributed by atoms with van der Waals surface area (Å²) < 4.78 is 5.48. The highest BCUT2D eigenvalue weighted by Gasteiger charge is 2.31. The summed E-state index contributed by atoms with van der Waals surface area (Å²) in [7, 11) is 0. The first-order chi connectivity index (χ1) is 12.3. The predicted molar refractivity (Wildman–Crippen MR) is 102 cm³/mol. The van der Waals surface area contributed by atoms with Gasteiger partial charge in [0.15, 0.2) is 0 Å². The van der Waals surface area contributed by atoms with Crippen LogP contribution >= 0.6 is 0 Å². The summed E-state index contributed by atoms with van der Waals surface area (Å²) in [5.74, 6) is 0.697. The minimum atomic E-state index is -0.482. The van der Waals surface area contributed by atoms with Gasteiger partial charge >= 0.3 is 6.09 Å². The molecule has 0 radical (unpaired) electrons. The van der Waals surface area contributed by atoms with Gasteiger partial charge in [-0.3, -0.25) is 0 Å². The van der Waals surface area contributed by atoms with Crippen LogP contribution in [0.4, 0.5) is 10.7 Å². The minimum absolute atomic E-state index is 0.113. The lowest BCUT2D eigenvalue weighted by atomic mass is 10.1. The smallest absolute Gasteiger partial charge is 0.410 e. The molecule has 0 aliphatic carbocycles. The average Bonchev–Trinajstić information content (AvgIpc) is 2.61. The molecule has 6 heteroatoms. The molecule has 1 aliphatic rings. The van der Waals surface area contributed by atoms with Gasteiger partial charge in [0.1, 0.15) is 5.60 Å². The Morgan fingerprint density at radius 1 is 1.15 bits per heavy atom. The van der Waals surface area contributed by atoms with Crippen molar-refractivity contribution in [3.63, 3.8) is 0 Å². The van der Waals surface area contributed by atoms with Crippen molar-refractivity contribution >= 4 is 12.0 Å². The Morgan fingerprint density at radius 2 is 1.88 bits per heavy atom. The molecule has 0 bridgehead atoms. The van der Waals surface area contributed by atoms with Crippen LogP contribution in [-0.4, -0.2) is 52.2 Å². The van der Waals surface area contributed by atoms with E-state index in [1.807, 2.05) is 57.2 Å². The van der Waals surface area contributed by atoms with Crippen molar-refractivity contribution in [3.8, 4) is 11.3 Å². The highest BCUT2D eigenvalue weighted by molar-refractivity contribution is 5.68. The number of ether oxygens (including phenoxy) is 1. The SMILES string of the molecule is C[C@@H]1CN(C(=O)OC(C)(C)C)CCN1c1nccc(-c2ccccc2)n1. The highest BCUT2D eigenvalue weighted by Crippen LogP contribution is 2.22. The number of carbonyl (C=O) groups excluding carboxylic acids is 1. The molecule has 1 aromatic heterocycles. The van der Waals surface area contributed by atoms with Crippen molar-refractivity contribution in [2.24, 2.45) is 0 Å². The Bertz CT molecular complexity index is 758. The van der Waals surface area contributed by atoms with E-state index in [0.717, 1.165) is 11.3 Å². The van der Waals surface area contributed by atoms with E-state index in [0.29, 0.717) is 25.6 Å². The van der Waals surface area contributed by atoms with Crippen LogP contribution in [0.3, 0.4) is 0 Å². The fourth-order valence-corrected chi connectivity index (χ4v) is 3.00. The molecule has 1 fully saturated rings. The molecule has 0 saturated carbocycles. The van der Waals surface area contributed by atoms with Crippen molar-refractivity contribution in [2.75, 3.05) is 24.5 Å². The number of carbonyl (C=O) groups is 1. The third-order valence-corrected chi connectivity index (χ3v) is 4.25. The largest absolute Gasteiger partial charge is 0.444 e. The minimum Gasteiger partial charge on any atom is -0.444 e. The fourth-order valence-electron chi connectivity index (χ4n) is 3.00. The molecule has 0 unspecified atom stereocenters. The van der Waals surface area contributed by atoms with Crippen molar-refractivity contribution in [1.29, 1.82) is 0 Å². The number of aromatic nitrogens is 2. The maximum Gasteiger partial charge on any atom is 0.410 e. The summed E-state index contributed by atoms with van der Waals surface area (Å²) in [6.07, 6.45) is 1.53. The Morgan fingerprint density at radius 3 is 2.54 bits per heavy atom. The van der Waals surface area contributed by atoms with Gasteiger partial charge in [0, 0.05) is 37.4 Å². The summed E-state index contributed by atoms with van der Waals surface area (Å²) in [5.41, 5.74) is 1.48. The van der Waals surface area contributed by atoms with Crippen molar-refractivity contribution in [3.05, 3.63) is 42.6 Å². The molecule has 2 aromatic rings. The number of hydrogen-bond acceptors (Lipinski definition) is 5. The van der Waals surface area contributed by atoms with E-state index < -0.39 is 5.60 Å². The van der Waals surface area contributed by atoms with Crippen molar-refractivity contribution in [2.45, 2.75) is 39.3 Å². The number of amides is 1. The van der Waals surface area contributed by atoms with Crippen LogP contribution in [0.1, 0.15) is 27.7 Å². The molecular formula is C20H26N4O2. The van der Waals surface area contributed by atoms with Gasteiger partial charge in [-0.05, 0) is 33.8 Å². The average molecular weight is 354 g/mol. The molecule has 2 heterocycles. The van der Waals surface area contributed by atoms with Crippen LogP contribution in [0, 0.1) is 0 Å². The predicted octanol–water partition coefficient (Wildman–Crippen LogP) is 3.59. The van der Waals surface area contributed by atoms with E-state index in [1.165, 1.54) is 0 Å². The number of nitrogens with zero attached hydrogens (tertiary/aromatic N) is 4. The summed E-state index contributed by atoms with van der Waals surface area (Å²) in [6.45, 7) is 9.59. The van der Waals surface area contributed by atoms with Gasteiger partial charge in [0.05, 0.1) is 5.69 Å². The van der Waals surface area contributed by atoms with Gasteiger partial charge in [0.25, 0.3) is 0 Å². The second-order valence-corrected chi connectivity index (χ2v) is 7.58. The van der Waals surface area contributed by atoms with E-state index in [9.17, 15) is 4.79 Å². The molecule has 3 rings (SSSR count). The summed E-state index contributed by atoms with van der Waals surface area (Å²) >= 11 is 0. The molecule has 1 atom stereocenters. The van der Waals surface area contributed by atoms with Gasteiger partial charge in [0.2, 0.25) is 5.95 Å². The number of benzene rings is 1. The molecular weight excluding hydrogens is 328 g/mol. The van der Waals surface area contributed by atoms with Crippen LogP contribution in [0.5, 0.6) is 0 Å². The van der Waals surface area contributed by atoms with Crippen LogP contribution in [0.15, 0.2) is 42.6 Å². The lowest BCUT2D eigenvalue weighted by Gasteiger charge is -2.40. The molecule has 1 aromatic carbocycles. The van der Waals surface area contributed by atoms with Gasteiger partial charge in [-0.15, -0.1) is 0 Å². The zero-order valence-corrected chi connectivity index (χ0v) is 15.8. The fraction of sp³-hybridized carbons (Fsp3) is 0.450. The van der Waals surface area contributed by atoms with E-state index in [2.05, 4.69) is 16.8 Å². The van der Waals surface area contributed by atoms with Crippen LogP contribution in [0.25, 0.3) is 11.3 Å². The summed E-state index contributed by atoms with van der Waals surface area (Å²) in [4.78, 5) is 25.4. The molecule has 138 valence electrons. The third kappa shape index (κ3) is 4.31. The van der Waals surface area contributed by atoms with E-state index >= 15 is 0 Å². The first-order valence-corrected chi connectivity index (χ1v) is 8.96. The van der Waals surface area contributed by atoms with Gasteiger partial charge in [-0.25, -0.2) is 14.8 Å². The number of rotatable bonds is 2. The number of anilines is 1. The normalized spacial score (nSPS) is 17.9. The van der Waals surface area contributed by atoms with Crippen LogP contribution in [-0.2, 0) is 4.74 Å². The maximum atomic E-state index is 12.3. The topological polar surface area (TPSA) is 58.6 Å². The summed E-state index contributed by atoms with van der Waals surface area (Å²) in [5, 5.41) is 0. The van der Waals surface area contributed by atoms with Gasteiger partial charge in [-0.2, -0.15) is 0 Å². The van der Waals surface area contributed by atoms with E-state index in [-0.39, 0.29) is 12.1 Å². The molecule has 1 aliphatic heterocycles. The Hall–Kier alpha value is -2.63. The first kappa shape index (κ1) is 18.2. The third-order valence-electron chi connectivity index (χ3n) is 4.25. The zero-order chi connectivity index (χ0) is 18.7. The maximum absolute atomic E-state index is 12.3. The van der Waals surface area contributed by atoms with Gasteiger partial charge in [-0.1, -0.05) is 30.3 Å². The highest BCUT2D eigenvalue weighted by atomic mass is 16.6. The lowest BCUT2D eigenvalue weighted by Crippen LogP contribution is -2.55. The lowest BCUT2D eigenvalue weighted by molar-refractivity contribution is 0.0218. The van der Waals surface area contributed by atoms with Crippen LogP contribution < -0.4 is 4.90 Å². The quantitative estimate of drug-likeness (QED) is 0.825. The second kappa shape index (κ2) is 7.32. The van der Waals surface area contributed by atoms with E-state index in [4.69, 9.17) is 9.72 Å². The second-order valence-electron chi connectivity index (χ2n) is 7.58. The van der Waals surface area contributed by atoms with E-state index in [1.54, 1.807) is 11.1 Å². The van der Waals surface area contributed by atoms with Crippen molar-refractivity contribution in [1.82, 2.24) is 14.9 Å². The van der Waals surface area contributed by atoms with Gasteiger partial charge < -0.3 is 14.5 Å². The molecule has 0 N–H and O–H groups in total. The number of hydrogen-bond donors (Lipinski definition) is 0. The summed E-state index contributed by atoms with van der Waals surface area (Å²) in [6, 6.07) is 12.1. The monoisotopic (exact) mass is 354 g/mol. The Balaban J connectivity index is 1.71. The zero-order valence-electron chi connectivity index (χ0n) is 15.8. The first-order valence-electron chi connectivity index (χ1n) is 8.96. The molecule has 0 spiro atoms. The van der Waals surface area contributed by atoms with Crippen molar-refractivity contribution < 1.29 is 9.53 Å². The number of piperazine rings is 1. The molecule has 6 nitrogen and oxygen atoms in total. The molecule has 26 heavy (non-hydrogen) atoms. The molecule has 1 amide bonds. The molecule has 1 saturated heterocycles. The Kier molecular flexibility index (Phi) is 5.11. The van der Waals surface area contributed by atoms with Crippen LogP contribution in [0.2, 0.25) is 0 Å².